The summed E-state index contributed by atoms with van der Waals surface area (Å²) in [7, 11) is 0. The number of carbonyl (C=O) groups is 2. The fourth-order valence-corrected chi connectivity index (χ4v) is 5.60. The van der Waals surface area contributed by atoms with Crippen molar-refractivity contribution in [3.05, 3.63) is 71.9 Å². The molecule has 38 heavy (non-hydrogen) atoms. The van der Waals surface area contributed by atoms with E-state index in [4.69, 9.17) is 10.7 Å². The number of nitrogens with zero attached hydrogens (tertiary/aromatic N) is 5. The highest BCUT2D eigenvalue weighted by Gasteiger charge is 2.38. The minimum absolute atomic E-state index is 0.103. The van der Waals surface area contributed by atoms with Crippen LogP contribution in [0.5, 0.6) is 0 Å². The number of benzene rings is 1. The van der Waals surface area contributed by atoms with Crippen molar-refractivity contribution in [2.24, 2.45) is 0 Å². The molecule has 3 aromatic heterocycles. The fraction of sp³-hybridized carbons (Fsp3) is 0.321. The first-order valence-corrected chi connectivity index (χ1v) is 12.9. The van der Waals surface area contributed by atoms with Gasteiger partial charge in [-0.15, -0.1) is 0 Å². The minimum Gasteiger partial charge on any atom is -0.389 e. The molecule has 2 saturated heterocycles. The van der Waals surface area contributed by atoms with Crippen molar-refractivity contribution >= 4 is 29.0 Å². The van der Waals surface area contributed by atoms with Crippen LogP contribution in [0, 0.1) is 0 Å². The smallest absolute Gasteiger partial charge is 0.256 e. The van der Waals surface area contributed by atoms with Crippen molar-refractivity contribution in [2.45, 2.75) is 50.7 Å². The number of hydrogen-bond donors (Lipinski definition) is 3. The standard InChI is InChI=1S/C28H29N7O3/c1-16(36)19-10-11-30-22(14-19)32-28(38)18-4-2-17(3-5-18)24-25-26(29)31-12-13-34(25)27(33-24)20-6-7-21-8-9-23(37)35(21)15-20/h2-5,10-14,16,20-21,36H,6-9,15H2,1H3,(H2,29,31)(H,30,32,38). The Labute approximate surface area is 219 Å². The molecule has 1 aromatic carbocycles. The number of aliphatic hydroxyl groups is 1. The quantitative estimate of drug-likeness (QED) is 0.372. The molecular weight excluding hydrogens is 482 g/mol. The van der Waals surface area contributed by atoms with E-state index in [1.165, 1.54) is 0 Å². The molecule has 0 bridgehead atoms. The van der Waals surface area contributed by atoms with Crippen LogP contribution in [0.4, 0.5) is 11.6 Å². The van der Waals surface area contributed by atoms with Gasteiger partial charge in [-0.3, -0.25) is 14.0 Å². The highest BCUT2D eigenvalue weighted by atomic mass is 16.3. The summed E-state index contributed by atoms with van der Waals surface area (Å²) >= 11 is 0. The van der Waals surface area contributed by atoms with E-state index in [1.54, 1.807) is 43.6 Å². The fourth-order valence-electron chi connectivity index (χ4n) is 5.60. The average Bonchev–Trinajstić information content (AvgIpc) is 3.50. The minimum atomic E-state index is -0.657. The lowest BCUT2D eigenvalue weighted by Gasteiger charge is -2.34. The lowest BCUT2D eigenvalue weighted by atomic mass is 9.92. The lowest BCUT2D eigenvalue weighted by molar-refractivity contribution is -0.130. The third kappa shape index (κ3) is 4.26. The van der Waals surface area contributed by atoms with Crippen LogP contribution in [-0.4, -0.2) is 53.8 Å². The average molecular weight is 512 g/mol. The van der Waals surface area contributed by atoms with Crippen molar-refractivity contribution in [1.29, 1.82) is 0 Å². The molecule has 194 valence electrons. The summed E-state index contributed by atoms with van der Waals surface area (Å²) in [6.07, 6.45) is 7.92. The van der Waals surface area contributed by atoms with Gasteiger partial charge >= 0.3 is 0 Å². The molecule has 6 rings (SSSR count). The maximum Gasteiger partial charge on any atom is 0.256 e. The molecule has 4 N–H and O–H groups in total. The molecule has 4 aromatic rings. The van der Waals surface area contributed by atoms with E-state index in [0.29, 0.717) is 53.0 Å². The Kier molecular flexibility index (Phi) is 6.03. The molecule has 2 amide bonds. The molecule has 0 saturated carbocycles. The highest BCUT2D eigenvalue weighted by molar-refractivity contribution is 6.04. The summed E-state index contributed by atoms with van der Waals surface area (Å²) in [6.45, 7) is 2.32. The Bertz CT molecular complexity index is 1530. The first-order chi connectivity index (χ1) is 18.4. The van der Waals surface area contributed by atoms with Crippen LogP contribution in [0.25, 0.3) is 16.8 Å². The summed E-state index contributed by atoms with van der Waals surface area (Å²) in [4.78, 5) is 40.7. The predicted octanol–water partition coefficient (Wildman–Crippen LogP) is 3.55. The van der Waals surface area contributed by atoms with E-state index in [-0.39, 0.29) is 17.7 Å². The van der Waals surface area contributed by atoms with E-state index in [2.05, 4.69) is 15.3 Å². The topological polar surface area (TPSA) is 139 Å². The van der Waals surface area contributed by atoms with Gasteiger partial charge in [0.15, 0.2) is 0 Å². The monoisotopic (exact) mass is 511 g/mol. The normalized spacial score (nSPS) is 19.9. The van der Waals surface area contributed by atoms with Crippen molar-refractivity contribution in [3.63, 3.8) is 0 Å². The number of anilines is 2. The van der Waals surface area contributed by atoms with Crippen molar-refractivity contribution in [2.75, 3.05) is 17.6 Å². The van der Waals surface area contributed by atoms with E-state index >= 15 is 0 Å². The number of fused-ring (bicyclic) bond motifs is 2. The molecule has 2 fully saturated rings. The second kappa shape index (κ2) is 9.53. The predicted molar refractivity (Wildman–Crippen MR) is 142 cm³/mol. The van der Waals surface area contributed by atoms with Crippen LogP contribution in [0.1, 0.15) is 66.4 Å². The van der Waals surface area contributed by atoms with Crippen LogP contribution in [0.3, 0.4) is 0 Å². The molecule has 2 aliphatic heterocycles. The molecular formula is C28H29N7O3. The maximum atomic E-state index is 12.8. The Morgan fingerprint density at radius 3 is 2.74 bits per heavy atom. The number of hydrogen-bond acceptors (Lipinski definition) is 7. The van der Waals surface area contributed by atoms with Crippen LogP contribution in [0.2, 0.25) is 0 Å². The van der Waals surface area contributed by atoms with Crippen LogP contribution in [-0.2, 0) is 4.79 Å². The summed E-state index contributed by atoms with van der Waals surface area (Å²) in [5.41, 5.74) is 9.66. The first-order valence-electron chi connectivity index (χ1n) is 12.9. The summed E-state index contributed by atoms with van der Waals surface area (Å²) in [5.74, 6) is 1.63. The van der Waals surface area contributed by atoms with Crippen LogP contribution < -0.4 is 11.1 Å². The number of rotatable bonds is 5. The van der Waals surface area contributed by atoms with Gasteiger partial charge in [0.2, 0.25) is 5.91 Å². The number of pyridine rings is 1. The molecule has 10 heteroatoms. The van der Waals surface area contributed by atoms with E-state index < -0.39 is 6.10 Å². The second-order valence-corrected chi connectivity index (χ2v) is 10.0. The third-order valence-electron chi connectivity index (χ3n) is 7.62. The SMILES string of the molecule is CC(O)c1ccnc(NC(=O)c2ccc(-c3nc(C4CCC5CCC(=O)N5C4)n4ccnc(N)c34)cc2)c1. The van der Waals surface area contributed by atoms with Gasteiger partial charge in [-0.2, -0.15) is 0 Å². The third-order valence-corrected chi connectivity index (χ3v) is 7.62. The Hall–Kier alpha value is -4.31. The highest BCUT2D eigenvalue weighted by Crippen LogP contribution is 2.38. The number of carbonyl (C=O) groups excluding carboxylic acids is 2. The van der Waals surface area contributed by atoms with Crippen LogP contribution in [0.15, 0.2) is 55.0 Å². The Morgan fingerprint density at radius 2 is 1.95 bits per heavy atom. The summed E-state index contributed by atoms with van der Waals surface area (Å²) in [5, 5.41) is 12.6. The zero-order valence-corrected chi connectivity index (χ0v) is 21.0. The van der Waals surface area contributed by atoms with Crippen molar-refractivity contribution < 1.29 is 14.7 Å². The van der Waals surface area contributed by atoms with Crippen LogP contribution >= 0.6 is 0 Å². The zero-order valence-electron chi connectivity index (χ0n) is 21.0. The largest absolute Gasteiger partial charge is 0.389 e. The van der Waals surface area contributed by atoms with E-state index in [0.717, 1.165) is 30.7 Å². The number of amides is 2. The van der Waals surface area contributed by atoms with Gasteiger partial charge in [0.05, 0.1) is 6.10 Å². The molecule has 3 unspecified atom stereocenters. The maximum absolute atomic E-state index is 12.8. The molecule has 0 spiro atoms. The number of aliphatic hydroxyl groups excluding tert-OH is 1. The summed E-state index contributed by atoms with van der Waals surface area (Å²) in [6, 6.07) is 10.8. The number of nitrogens with two attached hydrogens (primary N) is 1. The van der Waals surface area contributed by atoms with Crippen molar-refractivity contribution in [3.8, 4) is 11.3 Å². The number of nitrogens with one attached hydrogen (secondary N) is 1. The van der Waals surface area contributed by atoms with Gasteiger partial charge in [-0.05, 0) is 56.0 Å². The van der Waals surface area contributed by atoms with Gasteiger partial charge in [0.25, 0.3) is 5.91 Å². The molecule has 0 aliphatic carbocycles. The van der Waals surface area contributed by atoms with Crippen molar-refractivity contribution in [1.82, 2.24) is 24.3 Å². The Morgan fingerprint density at radius 1 is 1.13 bits per heavy atom. The number of aromatic nitrogens is 4. The molecule has 5 heterocycles. The first kappa shape index (κ1) is 24.1. The number of imidazole rings is 1. The molecule has 2 aliphatic rings. The van der Waals surface area contributed by atoms with E-state index in [9.17, 15) is 14.7 Å². The molecule has 3 atom stereocenters. The lowest BCUT2D eigenvalue weighted by Crippen LogP contribution is -2.41. The summed E-state index contributed by atoms with van der Waals surface area (Å²) < 4.78 is 1.99. The van der Waals surface area contributed by atoms with Gasteiger partial charge in [0, 0.05) is 54.6 Å². The molecule has 10 nitrogen and oxygen atoms in total. The van der Waals surface area contributed by atoms with Gasteiger partial charge in [0.1, 0.15) is 28.7 Å². The second-order valence-electron chi connectivity index (χ2n) is 10.0. The zero-order chi connectivity index (χ0) is 26.4. The Balaban J connectivity index is 1.29. The van der Waals surface area contributed by atoms with Gasteiger partial charge in [-0.1, -0.05) is 12.1 Å². The van der Waals surface area contributed by atoms with E-state index in [1.807, 2.05) is 27.6 Å². The van der Waals surface area contributed by atoms with Gasteiger partial charge < -0.3 is 21.1 Å². The number of nitrogen functional groups attached to an aromatic ring is 1. The molecule has 0 radical (unpaired) electrons. The van der Waals surface area contributed by atoms with Gasteiger partial charge in [-0.25, -0.2) is 15.0 Å². The number of piperidine rings is 1.